The zero-order chi connectivity index (χ0) is 23.5. The van der Waals surface area contributed by atoms with Crippen molar-refractivity contribution in [1.29, 1.82) is 5.26 Å². The summed E-state index contributed by atoms with van der Waals surface area (Å²) in [5, 5.41) is 20.0. The van der Waals surface area contributed by atoms with Crippen molar-refractivity contribution in [3.8, 4) is 17.6 Å². The van der Waals surface area contributed by atoms with Crippen LogP contribution in [0.25, 0.3) is 0 Å². The Kier molecular flexibility index (Phi) is 6.02. The molecule has 3 heterocycles. The van der Waals surface area contributed by atoms with Crippen LogP contribution in [0.5, 0.6) is 11.5 Å². The van der Waals surface area contributed by atoms with Gasteiger partial charge in [0, 0.05) is 32.4 Å². The average Bonchev–Trinajstić information content (AvgIpc) is 3.31. The number of anilines is 1. The first kappa shape index (κ1) is 21.7. The van der Waals surface area contributed by atoms with E-state index >= 15 is 0 Å². The fraction of sp³-hybridized carbons (Fsp3) is 0.269. The molecule has 0 unspecified atom stereocenters. The number of amides is 1. The number of morpholine rings is 1. The summed E-state index contributed by atoms with van der Waals surface area (Å²) in [5.74, 6) is 0.447. The number of hydrogen-bond donors (Lipinski definition) is 1. The standard InChI is InChI=1S/C26H24N4O4/c27-13-19-10-22(31)25(23(11-19)34-17-18-4-2-1-3-5-18)26(32)30-15-20-12-24(28-14-21(20)16-30)29-6-8-33-9-7-29/h1-5,10-12,14,31H,6-9,15-17H2. The molecule has 2 aliphatic heterocycles. The van der Waals surface area contributed by atoms with E-state index in [1.54, 1.807) is 4.90 Å². The minimum Gasteiger partial charge on any atom is -0.507 e. The van der Waals surface area contributed by atoms with Gasteiger partial charge < -0.3 is 24.4 Å². The van der Waals surface area contributed by atoms with Gasteiger partial charge in [-0.05, 0) is 34.9 Å². The van der Waals surface area contributed by atoms with E-state index in [0.29, 0.717) is 26.3 Å². The largest absolute Gasteiger partial charge is 0.507 e. The summed E-state index contributed by atoms with van der Waals surface area (Å²) in [4.78, 5) is 21.9. The van der Waals surface area contributed by atoms with Gasteiger partial charge in [0.1, 0.15) is 29.5 Å². The number of carbonyl (C=O) groups excluding carboxylic acids is 1. The molecule has 1 N–H and O–H groups in total. The first-order chi connectivity index (χ1) is 16.6. The lowest BCUT2D eigenvalue weighted by atomic mass is 10.1. The first-order valence-corrected chi connectivity index (χ1v) is 11.2. The fourth-order valence-electron chi connectivity index (χ4n) is 4.27. The van der Waals surface area contributed by atoms with Gasteiger partial charge >= 0.3 is 0 Å². The molecule has 172 valence electrons. The van der Waals surface area contributed by atoms with Gasteiger partial charge in [-0.3, -0.25) is 4.79 Å². The van der Waals surface area contributed by atoms with Crippen LogP contribution in [0.1, 0.15) is 32.6 Å². The maximum absolute atomic E-state index is 13.5. The number of nitrogens with zero attached hydrogens (tertiary/aromatic N) is 4. The number of hydrogen-bond acceptors (Lipinski definition) is 7. The molecule has 1 saturated heterocycles. The molecule has 5 rings (SSSR count). The molecule has 1 aromatic heterocycles. The summed E-state index contributed by atoms with van der Waals surface area (Å²) in [5.41, 5.74) is 3.21. The zero-order valence-electron chi connectivity index (χ0n) is 18.6. The van der Waals surface area contributed by atoms with Crippen molar-refractivity contribution in [2.45, 2.75) is 19.7 Å². The van der Waals surface area contributed by atoms with E-state index in [1.807, 2.05) is 48.7 Å². The van der Waals surface area contributed by atoms with Crippen LogP contribution in [-0.4, -0.2) is 47.2 Å². The van der Waals surface area contributed by atoms with Crippen LogP contribution in [-0.2, 0) is 24.4 Å². The zero-order valence-corrected chi connectivity index (χ0v) is 18.6. The SMILES string of the molecule is N#Cc1cc(O)c(C(=O)N2Cc3cnc(N4CCOCC4)cc3C2)c(OCc2ccccc2)c1. The maximum Gasteiger partial charge on any atom is 0.262 e. The van der Waals surface area contributed by atoms with E-state index in [9.17, 15) is 15.2 Å². The van der Waals surface area contributed by atoms with Gasteiger partial charge in [0.25, 0.3) is 5.91 Å². The van der Waals surface area contributed by atoms with Crippen molar-refractivity contribution < 1.29 is 19.4 Å². The number of pyridine rings is 1. The Morgan fingerprint density at radius 2 is 1.88 bits per heavy atom. The van der Waals surface area contributed by atoms with Crippen molar-refractivity contribution >= 4 is 11.7 Å². The number of ether oxygens (including phenoxy) is 2. The Bertz CT molecular complexity index is 1250. The predicted molar refractivity (Wildman–Crippen MR) is 124 cm³/mol. The number of benzene rings is 2. The van der Waals surface area contributed by atoms with Gasteiger partial charge in [0.05, 0.1) is 24.8 Å². The lowest BCUT2D eigenvalue weighted by Gasteiger charge is -2.28. The second-order valence-corrected chi connectivity index (χ2v) is 8.33. The fourth-order valence-corrected chi connectivity index (χ4v) is 4.27. The lowest BCUT2D eigenvalue weighted by Crippen LogP contribution is -2.36. The van der Waals surface area contributed by atoms with E-state index in [1.165, 1.54) is 12.1 Å². The molecule has 0 atom stereocenters. The third kappa shape index (κ3) is 4.38. The third-order valence-corrected chi connectivity index (χ3v) is 6.07. The van der Waals surface area contributed by atoms with Gasteiger partial charge in [-0.1, -0.05) is 30.3 Å². The van der Waals surface area contributed by atoms with Gasteiger partial charge in [-0.25, -0.2) is 4.98 Å². The van der Waals surface area contributed by atoms with Crippen molar-refractivity contribution in [2.75, 3.05) is 31.2 Å². The van der Waals surface area contributed by atoms with Gasteiger partial charge in [0.15, 0.2) is 0 Å². The van der Waals surface area contributed by atoms with E-state index in [-0.39, 0.29) is 35.1 Å². The van der Waals surface area contributed by atoms with E-state index in [4.69, 9.17) is 9.47 Å². The van der Waals surface area contributed by atoms with Crippen molar-refractivity contribution in [3.63, 3.8) is 0 Å². The molecule has 0 saturated carbocycles. The molecule has 3 aromatic rings. The average molecular weight is 457 g/mol. The molecule has 2 aliphatic rings. The number of aromatic hydroxyl groups is 1. The smallest absolute Gasteiger partial charge is 0.262 e. The number of phenolic OH excluding ortho intramolecular Hbond substituents is 1. The number of phenols is 1. The van der Waals surface area contributed by atoms with Crippen molar-refractivity contribution in [3.05, 3.63) is 82.5 Å². The van der Waals surface area contributed by atoms with Gasteiger partial charge in [0.2, 0.25) is 0 Å². The molecular formula is C26H24N4O4. The maximum atomic E-state index is 13.5. The van der Waals surface area contributed by atoms with Crippen molar-refractivity contribution in [1.82, 2.24) is 9.88 Å². The van der Waals surface area contributed by atoms with E-state index in [0.717, 1.165) is 35.6 Å². The molecule has 34 heavy (non-hydrogen) atoms. The van der Waals surface area contributed by atoms with Gasteiger partial charge in [-0.2, -0.15) is 5.26 Å². The Hall–Kier alpha value is -4.09. The number of aromatic nitrogens is 1. The molecule has 0 aliphatic carbocycles. The first-order valence-electron chi connectivity index (χ1n) is 11.2. The normalized spacial score (nSPS) is 15.0. The number of carbonyl (C=O) groups is 1. The summed E-state index contributed by atoms with van der Waals surface area (Å²) < 4.78 is 11.3. The molecule has 0 bridgehead atoms. The number of rotatable bonds is 5. The van der Waals surface area contributed by atoms with Gasteiger partial charge in [-0.15, -0.1) is 0 Å². The van der Waals surface area contributed by atoms with E-state index < -0.39 is 0 Å². The Labute approximate surface area is 197 Å². The van der Waals surface area contributed by atoms with Crippen molar-refractivity contribution in [2.24, 2.45) is 0 Å². The summed E-state index contributed by atoms with van der Waals surface area (Å²) >= 11 is 0. The second-order valence-electron chi connectivity index (χ2n) is 8.33. The highest BCUT2D eigenvalue weighted by Crippen LogP contribution is 2.34. The molecule has 1 amide bonds. The quantitative estimate of drug-likeness (QED) is 0.629. The van der Waals surface area contributed by atoms with Crippen LogP contribution >= 0.6 is 0 Å². The summed E-state index contributed by atoms with van der Waals surface area (Å²) in [6, 6.07) is 16.3. The lowest BCUT2D eigenvalue weighted by molar-refractivity contribution is 0.0743. The van der Waals surface area contributed by atoms with Crippen LogP contribution < -0.4 is 9.64 Å². The predicted octanol–water partition coefficient (Wildman–Crippen LogP) is 3.23. The van der Waals surface area contributed by atoms with Crippen LogP contribution in [0.4, 0.5) is 5.82 Å². The molecule has 0 spiro atoms. The van der Waals surface area contributed by atoms with Crippen LogP contribution in [0.3, 0.4) is 0 Å². The van der Waals surface area contributed by atoms with Crippen LogP contribution in [0.2, 0.25) is 0 Å². The minimum absolute atomic E-state index is 0.0594. The number of fused-ring (bicyclic) bond motifs is 1. The highest BCUT2D eigenvalue weighted by atomic mass is 16.5. The molecule has 1 fully saturated rings. The molecule has 8 heteroatoms. The Balaban J connectivity index is 1.38. The third-order valence-electron chi connectivity index (χ3n) is 6.07. The highest BCUT2D eigenvalue weighted by molar-refractivity contribution is 6.00. The minimum atomic E-state index is -0.353. The van der Waals surface area contributed by atoms with E-state index in [2.05, 4.69) is 9.88 Å². The summed E-state index contributed by atoms with van der Waals surface area (Å²) in [6.45, 7) is 3.93. The molecule has 0 radical (unpaired) electrons. The van der Waals surface area contributed by atoms with Crippen LogP contribution in [0.15, 0.2) is 54.7 Å². The number of nitriles is 1. The summed E-state index contributed by atoms with van der Waals surface area (Å²) in [7, 11) is 0. The summed E-state index contributed by atoms with van der Waals surface area (Å²) in [6.07, 6.45) is 1.82. The molecule has 8 nitrogen and oxygen atoms in total. The molecule has 2 aromatic carbocycles. The monoisotopic (exact) mass is 456 g/mol. The topological polar surface area (TPSA) is 98.9 Å². The Morgan fingerprint density at radius 1 is 1.12 bits per heavy atom. The highest BCUT2D eigenvalue weighted by Gasteiger charge is 2.30. The van der Waals surface area contributed by atoms with Crippen LogP contribution in [0, 0.1) is 11.3 Å². The second kappa shape index (κ2) is 9.41. The molecular weight excluding hydrogens is 432 g/mol. The Morgan fingerprint density at radius 3 is 2.65 bits per heavy atom.